The summed E-state index contributed by atoms with van der Waals surface area (Å²) in [5, 5.41) is 19.8. The Bertz CT molecular complexity index is 627. The molecule has 1 saturated heterocycles. The van der Waals surface area contributed by atoms with Crippen molar-refractivity contribution in [1.29, 1.82) is 0 Å². The second-order valence-electron chi connectivity index (χ2n) is 5.02. The maximum atomic E-state index is 12.5. The number of hydrogen-bond acceptors (Lipinski definition) is 4. The average Bonchev–Trinajstić information content (AvgIpc) is 2.67. The molecule has 1 aliphatic heterocycles. The van der Waals surface area contributed by atoms with E-state index in [9.17, 15) is 15.0 Å². The Kier molecular flexibility index (Phi) is 4.18. The molecule has 1 heterocycles. The zero-order valence-corrected chi connectivity index (χ0v) is 13.0. The molecule has 1 aromatic carbocycles. The number of carbonyl (C=O) groups is 1. The predicted molar refractivity (Wildman–Crippen MR) is 84.7 cm³/mol. The number of nitrogens with zero attached hydrogens (tertiary/aromatic N) is 2. The molecule has 1 fully saturated rings. The number of phenols is 2. The normalized spacial score (nSPS) is 18.7. The number of benzene rings is 1. The first-order valence-electron chi connectivity index (χ1n) is 6.72. The second-order valence-corrected chi connectivity index (χ2v) is 5.38. The standard InChI is InChI=1S/C15H18N2O3S/c1-4-9(2)17-14(20)11(16(3)15(17)21)8-10-6-5-7-12(18)13(10)19/h5-9,18-19H,4H2,1-3H3/b11-8+/t9-/m0/s1. The topological polar surface area (TPSA) is 64.0 Å². The highest BCUT2D eigenvalue weighted by molar-refractivity contribution is 7.80. The Hall–Kier alpha value is -2.08. The van der Waals surface area contributed by atoms with Crippen LogP contribution in [-0.4, -0.2) is 44.1 Å². The van der Waals surface area contributed by atoms with Gasteiger partial charge in [0.2, 0.25) is 0 Å². The Morgan fingerprint density at radius 1 is 1.38 bits per heavy atom. The van der Waals surface area contributed by atoms with Gasteiger partial charge in [-0.05, 0) is 37.7 Å². The molecule has 112 valence electrons. The first-order valence-corrected chi connectivity index (χ1v) is 7.13. The Labute approximate surface area is 129 Å². The highest BCUT2D eigenvalue weighted by atomic mass is 32.1. The number of rotatable bonds is 3. The van der Waals surface area contributed by atoms with Crippen molar-refractivity contribution in [2.45, 2.75) is 26.3 Å². The molecule has 0 bridgehead atoms. The van der Waals surface area contributed by atoms with Crippen molar-refractivity contribution in [3.63, 3.8) is 0 Å². The van der Waals surface area contributed by atoms with E-state index in [0.29, 0.717) is 16.4 Å². The van der Waals surface area contributed by atoms with Gasteiger partial charge in [0.05, 0.1) is 0 Å². The van der Waals surface area contributed by atoms with Crippen LogP contribution < -0.4 is 0 Å². The van der Waals surface area contributed by atoms with Crippen molar-refractivity contribution < 1.29 is 15.0 Å². The lowest BCUT2D eigenvalue weighted by Gasteiger charge is -2.22. The third-order valence-electron chi connectivity index (χ3n) is 3.66. The molecule has 1 aliphatic rings. The largest absolute Gasteiger partial charge is 0.504 e. The van der Waals surface area contributed by atoms with E-state index in [0.717, 1.165) is 6.42 Å². The van der Waals surface area contributed by atoms with Crippen molar-refractivity contribution in [2.75, 3.05) is 7.05 Å². The van der Waals surface area contributed by atoms with Gasteiger partial charge in [-0.25, -0.2) is 0 Å². The van der Waals surface area contributed by atoms with E-state index >= 15 is 0 Å². The number of aromatic hydroxyl groups is 2. The smallest absolute Gasteiger partial charge is 0.277 e. The molecule has 0 unspecified atom stereocenters. The summed E-state index contributed by atoms with van der Waals surface area (Å²) in [6, 6.07) is 4.62. The van der Waals surface area contributed by atoms with E-state index < -0.39 is 0 Å². The van der Waals surface area contributed by atoms with Crippen LogP contribution in [0.25, 0.3) is 6.08 Å². The maximum absolute atomic E-state index is 12.5. The van der Waals surface area contributed by atoms with Crippen LogP contribution in [0.1, 0.15) is 25.8 Å². The summed E-state index contributed by atoms with van der Waals surface area (Å²) >= 11 is 5.31. The third kappa shape index (κ3) is 2.58. The molecule has 1 atom stereocenters. The summed E-state index contributed by atoms with van der Waals surface area (Å²) in [6.45, 7) is 3.93. The van der Waals surface area contributed by atoms with Crippen LogP contribution in [0, 0.1) is 0 Å². The van der Waals surface area contributed by atoms with E-state index in [2.05, 4.69) is 0 Å². The zero-order valence-electron chi connectivity index (χ0n) is 12.2. The minimum atomic E-state index is -0.251. The van der Waals surface area contributed by atoms with Crippen molar-refractivity contribution in [3.05, 3.63) is 29.5 Å². The molecule has 0 spiro atoms. The highest BCUT2D eigenvalue weighted by Gasteiger charge is 2.38. The molecule has 1 amide bonds. The number of thiocarbonyl (C=S) groups is 1. The van der Waals surface area contributed by atoms with Gasteiger partial charge in [-0.1, -0.05) is 19.1 Å². The van der Waals surface area contributed by atoms with Gasteiger partial charge in [0.1, 0.15) is 5.70 Å². The van der Waals surface area contributed by atoms with Crippen molar-refractivity contribution >= 4 is 29.3 Å². The molecule has 1 aromatic rings. The molecule has 0 aromatic heterocycles. The van der Waals surface area contributed by atoms with Crippen LogP contribution in [0.4, 0.5) is 0 Å². The second kappa shape index (κ2) is 5.73. The molecule has 0 aliphatic carbocycles. The van der Waals surface area contributed by atoms with Crippen molar-refractivity contribution in [2.24, 2.45) is 0 Å². The van der Waals surface area contributed by atoms with E-state index in [1.807, 2.05) is 13.8 Å². The van der Waals surface area contributed by atoms with E-state index in [4.69, 9.17) is 12.2 Å². The average molecular weight is 306 g/mol. The first-order chi connectivity index (χ1) is 9.88. The van der Waals surface area contributed by atoms with Crippen LogP contribution >= 0.6 is 12.2 Å². The number of phenolic OH excluding ortho intramolecular Hbond substituents is 2. The molecule has 21 heavy (non-hydrogen) atoms. The Morgan fingerprint density at radius 2 is 2.05 bits per heavy atom. The maximum Gasteiger partial charge on any atom is 0.277 e. The number of hydrogen-bond donors (Lipinski definition) is 2. The summed E-state index contributed by atoms with van der Waals surface area (Å²) in [4.78, 5) is 15.7. The van der Waals surface area contributed by atoms with Crippen LogP contribution in [0.3, 0.4) is 0 Å². The molecule has 0 radical (unpaired) electrons. The van der Waals surface area contributed by atoms with Crippen LogP contribution in [-0.2, 0) is 4.79 Å². The van der Waals surface area contributed by atoms with Gasteiger partial charge in [0.25, 0.3) is 5.91 Å². The Balaban J connectivity index is 2.44. The molecule has 5 nitrogen and oxygen atoms in total. The molecule has 0 saturated carbocycles. The lowest BCUT2D eigenvalue weighted by Crippen LogP contribution is -2.38. The first kappa shape index (κ1) is 15.3. The molecule has 6 heteroatoms. The molecular formula is C15H18N2O3S. The van der Waals surface area contributed by atoms with E-state index in [1.54, 1.807) is 29.0 Å². The fraction of sp³-hybridized carbons (Fsp3) is 0.333. The molecule has 2 N–H and O–H groups in total. The Morgan fingerprint density at radius 3 is 2.67 bits per heavy atom. The summed E-state index contributed by atoms with van der Waals surface area (Å²) in [7, 11) is 1.72. The van der Waals surface area contributed by atoms with Crippen LogP contribution in [0.5, 0.6) is 11.5 Å². The van der Waals surface area contributed by atoms with Gasteiger partial charge >= 0.3 is 0 Å². The van der Waals surface area contributed by atoms with Gasteiger partial charge in [-0.3, -0.25) is 9.69 Å². The SMILES string of the molecule is CC[C@H](C)N1C(=O)/C(=C\c2cccc(O)c2O)N(C)C1=S. The van der Waals surface area contributed by atoms with E-state index in [1.165, 1.54) is 12.1 Å². The van der Waals surface area contributed by atoms with Gasteiger partial charge < -0.3 is 15.1 Å². The van der Waals surface area contributed by atoms with Crippen LogP contribution in [0.2, 0.25) is 0 Å². The predicted octanol–water partition coefficient (Wildman–Crippen LogP) is 2.30. The zero-order chi connectivity index (χ0) is 15.7. The summed E-state index contributed by atoms with van der Waals surface area (Å²) in [5.41, 5.74) is 0.750. The lowest BCUT2D eigenvalue weighted by atomic mass is 10.1. The van der Waals surface area contributed by atoms with Crippen LogP contribution in [0.15, 0.2) is 23.9 Å². The van der Waals surface area contributed by atoms with Crippen molar-refractivity contribution in [1.82, 2.24) is 9.80 Å². The number of carbonyl (C=O) groups excluding carboxylic acids is 1. The highest BCUT2D eigenvalue weighted by Crippen LogP contribution is 2.32. The number of amides is 1. The monoisotopic (exact) mass is 306 g/mol. The van der Waals surface area contributed by atoms with E-state index in [-0.39, 0.29) is 23.4 Å². The quantitative estimate of drug-likeness (QED) is 0.510. The summed E-state index contributed by atoms with van der Waals surface area (Å²) in [6.07, 6.45) is 2.33. The van der Waals surface area contributed by atoms with Gasteiger partial charge in [0, 0.05) is 18.7 Å². The third-order valence-corrected chi connectivity index (χ3v) is 4.13. The number of para-hydroxylation sites is 1. The van der Waals surface area contributed by atoms with Gasteiger partial charge in [0.15, 0.2) is 16.6 Å². The number of likely N-dealkylation sites (N-methyl/N-ethyl adjacent to an activating group) is 1. The van der Waals surface area contributed by atoms with Crippen molar-refractivity contribution in [3.8, 4) is 11.5 Å². The molecule has 2 rings (SSSR count). The fourth-order valence-electron chi connectivity index (χ4n) is 2.16. The minimum Gasteiger partial charge on any atom is -0.504 e. The minimum absolute atomic E-state index is 0.0103. The summed E-state index contributed by atoms with van der Waals surface area (Å²) in [5.74, 6) is -0.669. The van der Waals surface area contributed by atoms with Gasteiger partial charge in [-0.15, -0.1) is 0 Å². The lowest BCUT2D eigenvalue weighted by molar-refractivity contribution is -0.123. The fourth-order valence-corrected chi connectivity index (χ4v) is 2.52. The summed E-state index contributed by atoms with van der Waals surface area (Å²) < 4.78 is 0. The van der Waals surface area contributed by atoms with Gasteiger partial charge in [-0.2, -0.15) is 0 Å². The molecular weight excluding hydrogens is 288 g/mol.